The largest absolute Gasteiger partial charge is 0.508 e. The summed E-state index contributed by atoms with van der Waals surface area (Å²) in [6.45, 7) is 2.06. The van der Waals surface area contributed by atoms with Crippen LogP contribution in [0.3, 0.4) is 0 Å². The zero-order valence-electron chi connectivity index (χ0n) is 11.7. The molecule has 0 spiro atoms. The quantitative estimate of drug-likeness (QED) is 0.734. The highest BCUT2D eigenvalue weighted by Gasteiger charge is 2.14. The van der Waals surface area contributed by atoms with Crippen molar-refractivity contribution in [2.75, 3.05) is 12.3 Å². The minimum absolute atomic E-state index is 0.191. The molecule has 0 heterocycles. The van der Waals surface area contributed by atoms with Gasteiger partial charge in [-0.05, 0) is 54.8 Å². The number of hydrogen-bond acceptors (Lipinski definition) is 4. The van der Waals surface area contributed by atoms with E-state index in [0.717, 1.165) is 11.1 Å². The van der Waals surface area contributed by atoms with Crippen LogP contribution >= 0.6 is 0 Å². The van der Waals surface area contributed by atoms with Gasteiger partial charge in [0.15, 0.2) is 0 Å². The van der Waals surface area contributed by atoms with E-state index in [4.69, 9.17) is 5.73 Å². The first-order valence-corrected chi connectivity index (χ1v) is 8.00. The number of phenolic OH excluding ortho intramolecular Hbond substituents is 1. The van der Waals surface area contributed by atoms with Gasteiger partial charge in [0.2, 0.25) is 10.0 Å². The van der Waals surface area contributed by atoms with Crippen molar-refractivity contribution in [2.45, 2.75) is 18.2 Å². The summed E-state index contributed by atoms with van der Waals surface area (Å²) in [5.74, 6) is 0.191. The third-order valence-electron chi connectivity index (χ3n) is 3.19. The predicted molar refractivity (Wildman–Crippen MR) is 82.6 cm³/mol. The zero-order valence-corrected chi connectivity index (χ0v) is 12.5. The van der Waals surface area contributed by atoms with E-state index >= 15 is 0 Å². The minimum atomic E-state index is -3.53. The Hall–Kier alpha value is -2.05. The van der Waals surface area contributed by atoms with Gasteiger partial charge in [-0.2, -0.15) is 0 Å². The maximum Gasteiger partial charge on any atom is 0.240 e. The number of hydrogen-bond donors (Lipinski definition) is 3. The Morgan fingerprint density at radius 2 is 1.81 bits per heavy atom. The van der Waals surface area contributed by atoms with Gasteiger partial charge in [-0.1, -0.05) is 12.1 Å². The van der Waals surface area contributed by atoms with E-state index in [1.807, 2.05) is 0 Å². The molecule has 4 N–H and O–H groups in total. The normalized spacial score (nSPS) is 11.5. The molecule has 0 radical (unpaired) electrons. The van der Waals surface area contributed by atoms with Gasteiger partial charge in [-0.15, -0.1) is 0 Å². The van der Waals surface area contributed by atoms with Gasteiger partial charge >= 0.3 is 0 Å². The summed E-state index contributed by atoms with van der Waals surface area (Å²) in [6, 6.07) is 11.3. The Bertz CT molecular complexity index is 725. The summed E-state index contributed by atoms with van der Waals surface area (Å²) in [5, 5.41) is 9.19. The van der Waals surface area contributed by atoms with Crippen LogP contribution in [0.4, 0.5) is 5.69 Å². The first kappa shape index (κ1) is 15.3. The van der Waals surface area contributed by atoms with Crippen molar-refractivity contribution in [3.63, 3.8) is 0 Å². The van der Waals surface area contributed by atoms with E-state index in [1.54, 1.807) is 43.3 Å². The number of phenols is 1. The van der Waals surface area contributed by atoms with Crippen LogP contribution in [0.1, 0.15) is 11.1 Å². The number of aromatic hydroxyl groups is 1. The number of nitrogens with one attached hydrogen (secondary N) is 1. The molecule has 0 bridgehead atoms. The number of sulfonamides is 1. The van der Waals surface area contributed by atoms with E-state index in [0.29, 0.717) is 12.1 Å². The van der Waals surface area contributed by atoms with E-state index in [-0.39, 0.29) is 17.2 Å². The summed E-state index contributed by atoms with van der Waals surface area (Å²) >= 11 is 0. The van der Waals surface area contributed by atoms with Crippen LogP contribution in [0.15, 0.2) is 47.4 Å². The Morgan fingerprint density at radius 1 is 1.14 bits per heavy atom. The van der Waals surface area contributed by atoms with Gasteiger partial charge in [-0.3, -0.25) is 0 Å². The number of aryl methyl sites for hydroxylation is 1. The van der Waals surface area contributed by atoms with Crippen molar-refractivity contribution >= 4 is 15.7 Å². The first-order valence-electron chi connectivity index (χ1n) is 6.52. The molecule has 0 aliphatic rings. The molecule has 0 amide bonds. The molecule has 0 saturated heterocycles. The van der Waals surface area contributed by atoms with Crippen LogP contribution in [-0.2, 0) is 16.4 Å². The molecule has 0 saturated carbocycles. The van der Waals surface area contributed by atoms with Crippen molar-refractivity contribution in [1.29, 1.82) is 0 Å². The molecular weight excluding hydrogens is 288 g/mol. The summed E-state index contributed by atoms with van der Waals surface area (Å²) in [6.07, 6.45) is 0.549. The van der Waals surface area contributed by atoms with Crippen LogP contribution in [0.25, 0.3) is 0 Å². The summed E-state index contributed by atoms with van der Waals surface area (Å²) in [5.41, 5.74) is 7.93. The van der Waals surface area contributed by atoms with Crippen LogP contribution in [0.5, 0.6) is 5.75 Å². The number of rotatable bonds is 5. The fourth-order valence-electron chi connectivity index (χ4n) is 1.89. The Kier molecular flexibility index (Phi) is 4.50. The number of nitrogens with two attached hydrogens (primary N) is 1. The standard InChI is InChI=1S/C15H18N2O3S/c1-11-10-14(6-7-15(11)16)21(19,20)17-9-8-12-2-4-13(18)5-3-12/h2-7,10,17-18H,8-9,16H2,1H3. The Labute approximate surface area is 124 Å². The molecule has 6 heteroatoms. The second-order valence-electron chi connectivity index (χ2n) is 4.83. The van der Waals surface area contributed by atoms with Crippen molar-refractivity contribution in [2.24, 2.45) is 0 Å². The second-order valence-corrected chi connectivity index (χ2v) is 6.60. The highest BCUT2D eigenvalue weighted by molar-refractivity contribution is 7.89. The van der Waals surface area contributed by atoms with E-state index in [9.17, 15) is 13.5 Å². The third kappa shape index (κ3) is 3.96. The molecule has 0 aliphatic carbocycles. The monoisotopic (exact) mass is 306 g/mol. The maximum absolute atomic E-state index is 12.1. The van der Waals surface area contributed by atoms with Crippen molar-refractivity contribution < 1.29 is 13.5 Å². The molecule has 5 nitrogen and oxygen atoms in total. The van der Waals surface area contributed by atoms with E-state index in [2.05, 4.69) is 4.72 Å². The van der Waals surface area contributed by atoms with Crippen molar-refractivity contribution in [1.82, 2.24) is 4.72 Å². The fraction of sp³-hybridized carbons (Fsp3) is 0.200. The molecule has 112 valence electrons. The van der Waals surface area contributed by atoms with Gasteiger partial charge in [0, 0.05) is 12.2 Å². The number of anilines is 1. The number of nitrogen functional groups attached to an aromatic ring is 1. The van der Waals surface area contributed by atoms with Gasteiger partial charge in [-0.25, -0.2) is 13.1 Å². The minimum Gasteiger partial charge on any atom is -0.508 e. The molecule has 0 fully saturated rings. The Morgan fingerprint density at radius 3 is 2.43 bits per heavy atom. The van der Waals surface area contributed by atoms with Crippen molar-refractivity contribution in [3.8, 4) is 5.75 Å². The SMILES string of the molecule is Cc1cc(S(=O)(=O)NCCc2ccc(O)cc2)ccc1N. The maximum atomic E-state index is 12.1. The Balaban J connectivity index is 2.01. The predicted octanol–water partition coefficient (Wildman–Crippen LogP) is 1.80. The first-order chi connectivity index (χ1) is 9.88. The zero-order chi connectivity index (χ0) is 15.5. The second kappa shape index (κ2) is 6.15. The van der Waals surface area contributed by atoms with Crippen LogP contribution < -0.4 is 10.5 Å². The molecule has 0 atom stereocenters. The van der Waals surface area contributed by atoms with Gasteiger partial charge in [0.25, 0.3) is 0 Å². The molecule has 0 aliphatic heterocycles. The van der Waals surface area contributed by atoms with Crippen LogP contribution in [0.2, 0.25) is 0 Å². The molecule has 2 aromatic rings. The average molecular weight is 306 g/mol. The number of benzene rings is 2. The van der Waals surface area contributed by atoms with Gasteiger partial charge in [0.05, 0.1) is 4.90 Å². The van der Waals surface area contributed by atoms with E-state index in [1.165, 1.54) is 6.07 Å². The van der Waals surface area contributed by atoms with Gasteiger partial charge < -0.3 is 10.8 Å². The lowest BCUT2D eigenvalue weighted by molar-refractivity contribution is 0.475. The van der Waals surface area contributed by atoms with E-state index < -0.39 is 10.0 Å². The molecule has 2 rings (SSSR count). The summed E-state index contributed by atoms with van der Waals surface area (Å²) in [7, 11) is -3.53. The highest BCUT2D eigenvalue weighted by atomic mass is 32.2. The van der Waals surface area contributed by atoms with Gasteiger partial charge in [0.1, 0.15) is 5.75 Å². The van der Waals surface area contributed by atoms with Crippen LogP contribution in [0, 0.1) is 6.92 Å². The highest BCUT2D eigenvalue weighted by Crippen LogP contribution is 2.16. The molecular formula is C15H18N2O3S. The topological polar surface area (TPSA) is 92.4 Å². The molecule has 21 heavy (non-hydrogen) atoms. The van der Waals surface area contributed by atoms with Crippen LogP contribution in [-0.4, -0.2) is 20.1 Å². The smallest absolute Gasteiger partial charge is 0.240 e. The molecule has 0 unspecified atom stereocenters. The summed E-state index contributed by atoms with van der Waals surface area (Å²) in [4.78, 5) is 0.208. The lowest BCUT2D eigenvalue weighted by Gasteiger charge is -2.08. The average Bonchev–Trinajstić information content (AvgIpc) is 2.44. The molecule has 0 aromatic heterocycles. The summed E-state index contributed by atoms with van der Waals surface area (Å²) < 4.78 is 26.9. The molecule has 2 aromatic carbocycles. The lowest BCUT2D eigenvalue weighted by atomic mass is 10.1. The van der Waals surface area contributed by atoms with Crippen molar-refractivity contribution in [3.05, 3.63) is 53.6 Å². The fourth-order valence-corrected chi connectivity index (χ4v) is 3.01. The third-order valence-corrected chi connectivity index (χ3v) is 4.65. The lowest BCUT2D eigenvalue weighted by Crippen LogP contribution is -2.26.